The third-order valence-corrected chi connectivity index (χ3v) is 8.72. The molecule has 0 aromatic heterocycles. The fourth-order valence-corrected chi connectivity index (χ4v) is 3.15. The number of methoxy groups -OCH3 is 1. The molecule has 4 heteroatoms. The second kappa shape index (κ2) is 6.75. The van der Waals surface area contributed by atoms with Gasteiger partial charge in [-0.05, 0) is 30.6 Å². The van der Waals surface area contributed by atoms with E-state index in [4.69, 9.17) is 9.16 Å². The first-order valence-electron chi connectivity index (χ1n) is 7.38. The summed E-state index contributed by atoms with van der Waals surface area (Å²) in [6.45, 7) is 13.0. The van der Waals surface area contributed by atoms with Gasteiger partial charge >= 0.3 is 5.97 Å². The van der Waals surface area contributed by atoms with Gasteiger partial charge in [-0.2, -0.15) is 0 Å². The van der Waals surface area contributed by atoms with E-state index in [1.54, 1.807) is 0 Å². The predicted octanol–water partition coefficient (Wildman–Crippen LogP) is 4.62. The molecule has 0 radical (unpaired) electrons. The average Bonchev–Trinajstić information content (AvgIpc) is 2.36. The average molecular weight is 308 g/mol. The Morgan fingerprint density at radius 1 is 1.29 bits per heavy atom. The summed E-state index contributed by atoms with van der Waals surface area (Å²) in [4.78, 5) is 11.7. The Kier molecular flexibility index (Phi) is 5.76. The van der Waals surface area contributed by atoms with E-state index in [0.29, 0.717) is 0 Å². The van der Waals surface area contributed by atoms with Crippen LogP contribution in [0.15, 0.2) is 24.3 Å². The number of hydrogen-bond donors (Lipinski definition) is 0. The molecule has 3 nitrogen and oxygen atoms in total. The van der Waals surface area contributed by atoms with Crippen LogP contribution in [0.25, 0.3) is 0 Å². The molecule has 0 N–H and O–H groups in total. The van der Waals surface area contributed by atoms with Crippen LogP contribution in [0.1, 0.15) is 44.4 Å². The number of rotatable bonds is 5. The Morgan fingerprint density at radius 3 is 2.38 bits per heavy atom. The standard InChI is InChI=1S/C17H28O3Si/c1-13-9-8-10-14(11-13)15(12-16(18)19-5)20-21(6,7)17(2,3)4/h8-11,15H,12H2,1-7H3. The minimum Gasteiger partial charge on any atom is -0.469 e. The highest BCUT2D eigenvalue weighted by Crippen LogP contribution is 2.40. The van der Waals surface area contributed by atoms with E-state index in [1.165, 1.54) is 12.7 Å². The molecule has 0 heterocycles. The van der Waals surface area contributed by atoms with Crippen LogP contribution in [0.2, 0.25) is 18.1 Å². The molecule has 0 amide bonds. The van der Waals surface area contributed by atoms with E-state index in [1.807, 2.05) is 25.1 Å². The molecule has 1 rings (SSSR count). The van der Waals surface area contributed by atoms with Gasteiger partial charge in [0.05, 0.1) is 19.6 Å². The molecule has 0 aliphatic rings. The molecule has 1 atom stereocenters. The Labute approximate surface area is 129 Å². The molecule has 0 spiro atoms. The molecular formula is C17H28O3Si. The van der Waals surface area contributed by atoms with Crippen molar-refractivity contribution in [3.8, 4) is 0 Å². The molecule has 1 aromatic rings. The fourth-order valence-electron chi connectivity index (χ4n) is 1.87. The molecule has 21 heavy (non-hydrogen) atoms. The summed E-state index contributed by atoms with van der Waals surface area (Å²) < 4.78 is 11.3. The summed E-state index contributed by atoms with van der Waals surface area (Å²) in [5.41, 5.74) is 2.21. The lowest BCUT2D eigenvalue weighted by Gasteiger charge is -2.39. The lowest BCUT2D eigenvalue weighted by atomic mass is 10.0. The lowest BCUT2D eigenvalue weighted by Crippen LogP contribution is -2.42. The third-order valence-electron chi connectivity index (χ3n) is 4.24. The van der Waals surface area contributed by atoms with E-state index in [2.05, 4.69) is 39.9 Å². The summed E-state index contributed by atoms with van der Waals surface area (Å²) in [6, 6.07) is 8.16. The Morgan fingerprint density at radius 2 is 1.90 bits per heavy atom. The van der Waals surface area contributed by atoms with Crippen molar-refractivity contribution in [2.24, 2.45) is 0 Å². The Hall–Kier alpha value is -1.13. The molecule has 118 valence electrons. The molecule has 0 fully saturated rings. The molecule has 0 aliphatic carbocycles. The first-order valence-corrected chi connectivity index (χ1v) is 10.3. The zero-order valence-corrected chi connectivity index (χ0v) is 15.3. The maximum absolute atomic E-state index is 11.7. The number of carbonyl (C=O) groups excluding carboxylic acids is 1. The number of aryl methyl sites for hydroxylation is 1. The highest BCUT2D eigenvalue weighted by Gasteiger charge is 2.39. The number of esters is 1. The molecule has 1 aromatic carbocycles. The van der Waals surface area contributed by atoms with Crippen LogP contribution >= 0.6 is 0 Å². The van der Waals surface area contributed by atoms with Crippen LogP contribution in [0.5, 0.6) is 0 Å². The van der Waals surface area contributed by atoms with Gasteiger partial charge in [0.25, 0.3) is 0 Å². The first-order chi connectivity index (χ1) is 9.56. The van der Waals surface area contributed by atoms with Crippen LogP contribution in [-0.2, 0) is 14.0 Å². The van der Waals surface area contributed by atoms with Gasteiger partial charge in [0.15, 0.2) is 8.32 Å². The first kappa shape index (κ1) is 17.9. The molecule has 0 bridgehead atoms. The number of benzene rings is 1. The number of ether oxygens (including phenoxy) is 1. The number of hydrogen-bond acceptors (Lipinski definition) is 3. The zero-order chi connectivity index (χ0) is 16.3. The summed E-state index contributed by atoms with van der Waals surface area (Å²) in [5.74, 6) is -0.236. The second-order valence-electron chi connectivity index (χ2n) is 7.06. The van der Waals surface area contributed by atoms with Crippen molar-refractivity contribution in [2.75, 3.05) is 7.11 Å². The third kappa shape index (κ3) is 4.97. The van der Waals surface area contributed by atoms with Gasteiger partial charge in [0, 0.05) is 0 Å². The molecule has 0 saturated heterocycles. The van der Waals surface area contributed by atoms with E-state index >= 15 is 0 Å². The minimum atomic E-state index is -1.96. The zero-order valence-electron chi connectivity index (χ0n) is 14.3. The van der Waals surface area contributed by atoms with E-state index in [0.717, 1.165) is 5.56 Å². The maximum atomic E-state index is 11.7. The van der Waals surface area contributed by atoms with Crippen LogP contribution < -0.4 is 0 Å². The maximum Gasteiger partial charge on any atom is 0.308 e. The van der Waals surface area contributed by atoms with Crippen molar-refractivity contribution in [3.63, 3.8) is 0 Å². The second-order valence-corrected chi connectivity index (χ2v) is 11.8. The fraction of sp³-hybridized carbons (Fsp3) is 0.588. The summed E-state index contributed by atoms with van der Waals surface area (Å²) >= 11 is 0. The van der Waals surface area contributed by atoms with Crippen LogP contribution in [-0.4, -0.2) is 21.4 Å². The normalized spacial score (nSPS) is 13.9. The topological polar surface area (TPSA) is 35.5 Å². The van der Waals surface area contributed by atoms with Crippen LogP contribution in [0.3, 0.4) is 0 Å². The highest BCUT2D eigenvalue weighted by atomic mass is 28.4. The van der Waals surface area contributed by atoms with Gasteiger partial charge in [-0.1, -0.05) is 50.6 Å². The van der Waals surface area contributed by atoms with Gasteiger partial charge < -0.3 is 9.16 Å². The van der Waals surface area contributed by atoms with Gasteiger partial charge in [0.2, 0.25) is 0 Å². The van der Waals surface area contributed by atoms with E-state index < -0.39 is 8.32 Å². The molecular weight excluding hydrogens is 280 g/mol. The van der Waals surface area contributed by atoms with Crippen molar-refractivity contribution in [1.82, 2.24) is 0 Å². The number of carbonyl (C=O) groups is 1. The SMILES string of the molecule is COC(=O)CC(O[Si](C)(C)C(C)(C)C)c1cccc(C)c1. The van der Waals surface area contributed by atoms with Gasteiger partial charge in [-0.25, -0.2) is 0 Å². The smallest absolute Gasteiger partial charge is 0.308 e. The summed E-state index contributed by atoms with van der Waals surface area (Å²) in [7, 11) is -0.537. The molecule has 0 saturated carbocycles. The Balaban J connectivity index is 3.06. The largest absolute Gasteiger partial charge is 0.469 e. The highest BCUT2D eigenvalue weighted by molar-refractivity contribution is 6.74. The van der Waals surface area contributed by atoms with Crippen molar-refractivity contribution < 1.29 is 14.0 Å². The van der Waals surface area contributed by atoms with Crippen LogP contribution in [0.4, 0.5) is 0 Å². The minimum absolute atomic E-state index is 0.102. The van der Waals surface area contributed by atoms with Crippen LogP contribution in [0, 0.1) is 6.92 Å². The Bertz CT molecular complexity index is 489. The van der Waals surface area contributed by atoms with Crippen molar-refractivity contribution in [1.29, 1.82) is 0 Å². The predicted molar refractivity (Wildman–Crippen MR) is 88.8 cm³/mol. The lowest BCUT2D eigenvalue weighted by molar-refractivity contribution is -0.142. The molecule has 0 aliphatic heterocycles. The summed E-state index contributed by atoms with van der Waals surface area (Å²) in [5, 5.41) is 0.102. The monoisotopic (exact) mass is 308 g/mol. The summed E-state index contributed by atoms with van der Waals surface area (Å²) in [6.07, 6.45) is 0.0187. The van der Waals surface area contributed by atoms with Crippen molar-refractivity contribution >= 4 is 14.3 Å². The van der Waals surface area contributed by atoms with E-state index in [-0.39, 0.29) is 23.5 Å². The van der Waals surface area contributed by atoms with Crippen molar-refractivity contribution in [2.45, 2.75) is 58.4 Å². The molecule has 1 unspecified atom stereocenters. The van der Waals surface area contributed by atoms with Gasteiger partial charge in [-0.3, -0.25) is 4.79 Å². The van der Waals surface area contributed by atoms with E-state index in [9.17, 15) is 4.79 Å². The van der Waals surface area contributed by atoms with Gasteiger partial charge in [-0.15, -0.1) is 0 Å². The quantitative estimate of drug-likeness (QED) is 0.588. The van der Waals surface area contributed by atoms with Gasteiger partial charge in [0.1, 0.15) is 0 Å². The van der Waals surface area contributed by atoms with Crippen molar-refractivity contribution in [3.05, 3.63) is 35.4 Å².